The third-order valence-corrected chi connectivity index (χ3v) is 5.12. The largest absolute Gasteiger partial charge is 0.378 e. The molecule has 4 rings (SSSR count). The zero-order valence-corrected chi connectivity index (χ0v) is 18.4. The van der Waals surface area contributed by atoms with Gasteiger partial charge in [-0.2, -0.15) is 0 Å². The molecule has 33 heavy (non-hydrogen) atoms. The summed E-state index contributed by atoms with van der Waals surface area (Å²) in [5.74, 6) is 0.654. The summed E-state index contributed by atoms with van der Waals surface area (Å²) in [4.78, 5) is 30.4. The minimum atomic E-state index is -0.581. The molecule has 0 atom stereocenters. The normalized spacial score (nSPS) is 10.7. The van der Waals surface area contributed by atoms with Gasteiger partial charge in [0, 0.05) is 41.5 Å². The maximum atomic E-state index is 10.8. The summed E-state index contributed by atoms with van der Waals surface area (Å²) in [7, 11) is 0. The van der Waals surface area contributed by atoms with Gasteiger partial charge < -0.3 is 21.4 Å². The van der Waals surface area contributed by atoms with Gasteiger partial charge in [0.15, 0.2) is 0 Å². The van der Waals surface area contributed by atoms with Crippen molar-refractivity contribution in [2.45, 2.75) is 0 Å². The first-order chi connectivity index (χ1) is 15.9. The molecule has 0 unspecified atom stereocenters. The molecule has 0 saturated carbocycles. The van der Waals surface area contributed by atoms with E-state index < -0.39 is 4.92 Å². The van der Waals surface area contributed by atoms with Crippen LogP contribution in [0, 0.1) is 10.1 Å². The first-order valence-electron chi connectivity index (χ1n) is 9.62. The van der Waals surface area contributed by atoms with Crippen LogP contribution in [0.4, 0.5) is 23.3 Å². The third kappa shape index (κ3) is 5.10. The van der Waals surface area contributed by atoms with Crippen LogP contribution >= 0.6 is 23.2 Å². The Morgan fingerprint density at radius 3 is 2.58 bits per heavy atom. The summed E-state index contributed by atoms with van der Waals surface area (Å²) in [6.45, 7) is 0.878. The average molecular weight is 486 g/mol. The highest BCUT2D eigenvalue weighted by molar-refractivity contribution is 6.36. The van der Waals surface area contributed by atoms with Gasteiger partial charge in [0.2, 0.25) is 11.8 Å². The number of imidazole rings is 1. The molecule has 3 heterocycles. The summed E-state index contributed by atoms with van der Waals surface area (Å²) in [6.07, 6.45) is 4.92. The van der Waals surface area contributed by atoms with E-state index in [0.29, 0.717) is 46.2 Å². The molecule has 0 aliphatic rings. The van der Waals surface area contributed by atoms with Crippen LogP contribution in [0.25, 0.3) is 22.5 Å². The number of rotatable bonds is 8. The maximum Gasteiger partial charge on any atom is 0.311 e. The van der Waals surface area contributed by atoms with Crippen LogP contribution in [0.3, 0.4) is 0 Å². The Balaban J connectivity index is 1.49. The molecular weight excluding hydrogens is 469 g/mol. The number of nitro groups is 1. The van der Waals surface area contributed by atoms with Crippen molar-refractivity contribution in [1.82, 2.24) is 24.9 Å². The predicted octanol–water partition coefficient (Wildman–Crippen LogP) is 4.25. The van der Waals surface area contributed by atoms with Gasteiger partial charge in [0.1, 0.15) is 5.82 Å². The van der Waals surface area contributed by atoms with Crippen LogP contribution in [-0.2, 0) is 0 Å². The number of nitrogen functional groups attached to an aromatic ring is 1. The van der Waals surface area contributed by atoms with Gasteiger partial charge in [-0.1, -0.05) is 23.2 Å². The number of H-pyrrole nitrogens is 1. The van der Waals surface area contributed by atoms with Gasteiger partial charge >= 0.3 is 5.69 Å². The summed E-state index contributed by atoms with van der Waals surface area (Å²) in [5, 5.41) is 18.0. The van der Waals surface area contributed by atoms with Gasteiger partial charge in [0.25, 0.3) is 0 Å². The molecular formula is C20H17Cl2N9O2. The van der Waals surface area contributed by atoms with E-state index in [4.69, 9.17) is 28.9 Å². The van der Waals surface area contributed by atoms with Gasteiger partial charge in [-0.15, -0.1) is 0 Å². The van der Waals surface area contributed by atoms with Crippen molar-refractivity contribution in [3.63, 3.8) is 0 Å². The lowest BCUT2D eigenvalue weighted by Gasteiger charge is -2.12. The van der Waals surface area contributed by atoms with Gasteiger partial charge in [-0.05, 0) is 24.3 Å². The topological polar surface area (TPSA) is 161 Å². The van der Waals surface area contributed by atoms with E-state index in [1.807, 2.05) is 0 Å². The first kappa shape index (κ1) is 22.2. The van der Waals surface area contributed by atoms with E-state index in [9.17, 15) is 10.1 Å². The first-order valence-corrected chi connectivity index (χ1v) is 10.4. The van der Waals surface area contributed by atoms with Crippen LogP contribution in [0.5, 0.6) is 0 Å². The second-order valence-corrected chi connectivity index (χ2v) is 7.60. The lowest BCUT2D eigenvalue weighted by molar-refractivity contribution is -0.384. The van der Waals surface area contributed by atoms with Crippen molar-refractivity contribution in [2.24, 2.45) is 0 Å². The standard InChI is InChI=1S/C20H17Cl2N9O2/c21-11-1-2-12(14(22)7-11)18-13(15-9-24-10-28-15)8-27-20(30-18)26-6-5-25-17-4-3-16(31(32)33)19(23)29-17/h1-4,7-10H,5-6H2,(H,24,28)(H3,23,25,29)(H,26,27,30). The number of anilines is 3. The predicted molar refractivity (Wildman–Crippen MR) is 127 cm³/mol. The third-order valence-electron chi connectivity index (χ3n) is 4.58. The van der Waals surface area contributed by atoms with Crippen molar-refractivity contribution >= 4 is 46.5 Å². The lowest BCUT2D eigenvalue weighted by atomic mass is 10.1. The van der Waals surface area contributed by atoms with Crippen molar-refractivity contribution in [1.29, 1.82) is 0 Å². The van der Waals surface area contributed by atoms with Gasteiger partial charge in [0.05, 0.1) is 33.9 Å². The zero-order chi connectivity index (χ0) is 23.4. The number of nitrogens with two attached hydrogens (primary N) is 1. The van der Waals surface area contributed by atoms with Crippen molar-refractivity contribution in [3.05, 3.63) is 69.2 Å². The van der Waals surface area contributed by atoms with E-state index in [0.717, 1.165) is 11.3 Å². The van der Waals surface area contributed by atoms with E-state index in [2.05, 4.69) is 35.6 Å². The summed E-state index contributed by atoms with van der Waals surface area (Å²) in [6, 6.07) is 7.98. The monoisotopic (exact) mass is 485 g/mol. The Hall–Kier alpha value is -3.96. The van der Waals surface area contributed by atoms with Crippen LogP contribution in [0.1, 0.15) is 0 Å². The van der Waals surface area contributed by atoms with Crippen molar-refractivity contribution in [2.75, 3.05) is 29.5 Å². The number of nitrogens with zero attached hydrogens (tertiary/aromatic N) is 5. The molecule has 5 N–H and O–H groups in total. The van der Waals surface area contributed by atoms with E-state index in [1.54, 1.807) is 36.9 Å². The Kier molecular flexibility index (Phi) is 6.52. The second-order valence-electron chi connectivity index (χ2n) is 6.76. The molecule has 0 saturated heterocycles. The molecule has 0 spiro atoms. The fourth-order valence-electron chi connectivity index (χ4n) is 3.04. The lowest BCUT2D eigenvalue weighted by Crippen LogP contribution is -2.16. The number of hydrogen-bond acceptors (Lipinski definition) is 9. The minimum absolute atomic E-state index is 0.153. The molecule has 0 aliphatic carbocycles. The highest BCUT2D eigenvalue weighted by Crippen LogP contribution is 2.35. The molecule has 4 aromatic rings. The summed E-state index contributed by atoms with van der Waals surface area (Å²) >= 11 is 12.5. The zero-order valence-electron chi connectivity index (χ0n) is 16.9. The Bertz CT molecular complexity index is 1300. The Morgan fingerprint density at radius 1 is 1.06 bits per heavy atom. The number of hydrogen-bond donors (Lipinski definition) is 4. The maximum absolute atomic E-state index is 10.8. The number of aromatic amines is 1. The van der Waals surface area contributed by atoms with E-state index in [-0.39, 0.29) is 11.5 Å². The van der Waals surface area contributed by atoms with E-state index >= 15 is 0 Å². The molecule has 0 fully saturated rings. The van der Waals surface area contributed by atoms with Crippen LogP contribution in [0.2, 0.25) is 10.0 Å². The van der Waals surface area contributed by atoms with E-state index in [1.165, 1.54) is 12.1 Å². The fraction of sp³-hybridized carbons (Fsp3) is 0.100. The fourth-order valence-corrected chi connectivity index (χ4v) is 3.54. The molecule has 3 aromatic heterocycles. The van der Waals surface area contributed by atoms with Crippen LogP contribution < -0.4 is 16.4 Å². The van der Waals surface area contributed by atoms with Gasteiger partial charge in [-0.3, -0.25) is 10.1 Å². The summed E-state index contributed by atoms with van der Waals surface area (Å²) < 4.78 is 0. The minimum Gasteiger partial charge on any atom is -0.378 e. The molecule has 1 aromatic carbocycles. The van der Waals surface area contributed by atoms with Crippen molar-refractivity contribution in [3.8, 4) is 22.5 Å². The number of aromatic nitrogens is 5. The Labute approximate surface area is 197 Å². The molecule has 0 radical (unpaired) electrons. The molecule has 11 nitrogen and oxygen atoms in total. The number of nitrogens with one attached hydrogen (secondary N) is 3. The smallest absolute Gasteiger partial charge is 0.311 e. The number of pyridine rings is 1. The van der Waals surface area contributed by atoms with Gasteiger partial charge in [-0.25, -0.2) is 19.9 Å². The molecule has 168 valence electrons. The highest BCUT2D eigenvalue weighted by atomic mass is 35.5. The van der Waals surface area contributed by atoms with Crippen LogP contribution in [-0.4, -0.2) is 42.9 Å². The molecule has 0 aliphatic heterocycles. The number of halogens is 2. The molecule has 0 bridgehead atoms. The van der Waals surface area contributed by atoms with Crippen molar-refractivity contribution < 1.29 is 4.92 Å². The molecule has 0 amide bonds. The number of benzene rings is 1. The molecule has 13 heteroatoms. The summed E-state index contributed by atoms with van der Waals surface area (Å²) in [5.41, 5.74) is 8.14. The van der Waals surface area contributed by atoms with Crippen LogP contribution in [0.15, 0.2) is 49.1 Å². The SMILES string of the molecule is Nc1nc(NCCNc2ncc(-c3cnc[nH]3)c(-c3ccc(Cl)cc3Cl)n2)ccc1[N+](=O)[O-]. The Morgan fingerprint density at radius 2 is 1.88 bits per heavy atom. The highest BCUT2D eigenvalue weighted by Gasteiger charge is 2.16. The average Bonchev–Trinajstić information content (AvgIpc) is 3.31. The quantitative estimate of drug-likeness (QED) is 0.162. The second kappa shape index (κ2) is 9.67.